The van der Waals surface area contributed by atoms with E-state index in [4.69, 9.17) is 23.2 Å². The van der Waals surface area contributed by atoms with Crippen molar-refractivity contribution in [1.82, 2.24) is 0 Å². The summed E-state index contributed by atoms with van der Waals surface area (Å²) in [7, 11) is 0. The van der Waals surface area contributed by atoms with Crippen LogP contribution in [0.15, 0.2) is 29.3 Å². The Labute approximate surface area is 93.3 Å². The van der Waals surface area contributed by atoms with E-state index in [0.29, 0.717) is 5.69 Å². The van der Waals surface area contributed by atoms with E-state index in [2.05, 4.69) is 9.73 Å². The van der Waals surface area contributed by atoms with Crippen molar-refractivity contribution in [3.8, 4) is 5.75 Å². The van der Waals surface area contributed by atoms with Crippen molar-refractivity contribution >= 4 is 33.5 Å². The van der Waals surface area contributed by atoms with Crippen molar-refractivity contribution in [1.29, 1.82) is 0 Å². The molecule has 2 nitrogen and oxygen atoms in total. The first-order valence-electron chi connectivity index (χ1n) is 3.62. The van der Waals surface area contributed by atoms with Crippen LogP contribution in [-0.2, 0) is 0 Å². The topological polar surface area (TPSA) is 21.6 Å². The lowest BCUT2D eigenvalue weighted by Crippen LogP contribution is -2.16. The molecule has 0 fully saturated rings. The van der Waals surface area contributed by atoms with Gasteiger partial charge in [-0.1, -0.05) is 0 Å². The third kappa shape index (κ3) is 4.90. The van der Waals surface area contributed by atoms with Crippen molar-refractivity contribution in [2.45, 2.75) is 6.36 Å². The molecular weight excluding hydrogens is 254 g/mol. The van der Waals surface area contributed by atoms with Crippen LogP contribution < -0.4 is 4.74 Å². The number of hydrogen-bond acceptors (Lipinski definition) is 2. The Hall–Kier alpha value is -0.940. The molecule has 0 saturated carbocycles. The number of ether oxygens (including phenoxy) is 1. The lowest BCUT2D eigenvalue weighted by Gasteiger charge is -2.08. The minimum Gasteiger partial charge on any atom is -0.406 e. The molecule has 0 unspecified atom stereocenters. The summed E-state index contributed by atoms with van der Waals surface area (Å²) in [5, 5.41) is 0. The molecule has 0 saturated heterocycles. The Morgan fingerprint density at radius 2 is 1.67 bits per heavy atom. The first-order valence-corrected chi connectivity index (χ1v) is 4.38. The fourth-order valence-electron chi connectivity index (χ4n) is 0.820. The van der Waals surface area contributed by atoms with Gasteiger partial charge in [-0.05, 0) is 47.5 Å². The van der Waals surface area contributed by atoms with Crippen molar-refractivity contribution < 1.29 is 17.9 Å². The summed E-state index contributed by atoms with van der Waals surface area (Å²) in [5.41, 5.74) is 0.338. The number of rotatable bonds is 2. The summed E-state index contributed by atoms with van der Waals surface area (Å²) in [6.07, 6.45) is -4.70. The molecule has 7 heteroatoms. The fraction of sp³-hybridized carbons (Fsp3) is 0.125. The van der Waals surface area contributed by atoms with E-state index < -0.39 is 6.36 Å². The molecule has 0 radical (unpaired) electrons. The zero-order valence-electron chi connectivity index (χ0n) is 7.05. The second kappa shape index (κ2) is 4.72. The number of alkyl halides is 3. The zero-order chi connectivity index (χ0) is 11.5. The van der Waals surface area contributed by atoms with E-state index in [1.165, 1.54) is 12.1 Å². The Balaban J connectivity index is 2.77. The standard InChI is InChI=1S/C8H4Cl2F3NO/c9-7(10)14-5-1-3-6(4-2-5)15-8(11,12)13/h1-4H. The van der Waals surface area contributed by atoms with Gasteiger partial charge < -0.3 is 4.74 Å². The average Bonchev–Trinajstić information content (AvgIpc) is 2.05. The highest BCUT2D eigenvalue weighted by Crippen LogP contribution is 2.25. The molecule has 0 aromatic heterocycles. The van der Waals surface area contributed by atoms with E-state index in [1.54, 1.807) is 0 Å². The van der Waals surface area contributed by atoms with Crippen LogP contribution in [0.4, 0.5) is 18.9 Å². The molecule has 1 aromatic carbocycles. The molecule has 0 bridgehead atoms. The summed E-state index contributed by atoms with van der Waals surface area (Å²) in [5.74, 6) is -0.327. The SMILES string of the molecule is FC(F)(F)Oc1ccc(N=C(Cl)Cl)cc1. The van der Waals surface area contributed by atoms with E-state index in [9.17, 15) is 13.2 Å². The molecule has 82 valence electrons. The fourth-order valence-corrected chi connectivity index (χ4v) is 1.02. The van der Waals surface area contributed by atoms with Crippen LogP contribution in [0.25, 0.3) is 0 Å². The molecule has 0 aliphatic rings. The Kier molecular flexibility index (Phi) is 3.82. The van der Waals surface area contributed by atoms with E-state index >= 15 is 0 Å². The van der Waals surface area contributed by atoms with Crippen molar-refractivity contribution in [3.05, 3.63) is 24.3 Å². The Morgan fingerprint density at radius 1 is 1.13 bits per heavy atom. The van der Waals surface area contributed by atoms with Gasteiger partial charge in [-0.2, -0.15) is 0 Å². The quantitative estimate of drug-likeness (QED) is 0.733. The van der Waals surface area contributed by atoms with Gasteiger partial charge >= 0.3 is 6.36 Å². The number of halogens is 5. The van der Waals surface area contributed by atoms with Gasteiger partial charge in [-0.25, -0.2) is 4.99 Å². The third-order valence-electron chi connectivity index (χ3n) is 1.28. The molecule has 0 atom stereocenters. The van der Waals surface area contributed by atoms with Crippen LogP contribution in [0.5, 0.6) is 5.75 Å². The first-order chi connectivity index (χ1) is 6.87. The largest absolute Gasteiger partial charge is 0.573 e. The molecule has 0 heterocycles. The zero-order valence-corrected chi connectivity index (χ0v) is 8.57. The molecule has 0 spiro atoms. The summed E-state index contributed by atoms with van der Waals surface area (Å²) in [4.78, 5) is 3.61. The minimum atomic E-state index is -4.70. The van der Waals surface area contributed by atoms with Gasteiger partial charge in [0.15, 0.2) is 4.63 Å². The maximum Gasteiger partial charge on any atom is 0.573 e. The number of nitrogens with zero attached hydrogens (tertiary/aromatic N) is 1. The normalized spacial score (nSPS) is 11.0. The van der Waals surface area contributed by atoms with Gasteiger partial charge in [0.1, 0.15) is 5.75 Å². The van der Waals surface area contributed by atoms with Crippen LogP contribution >= 0.6 is 23.2 Å². The maximum absolute atomic E-state index is 11.8. The van der Waals surface area contributed by atoms with Crippen molar-refractivity contribution in [3.63, 3.8) is 0 Å². The smallest absolute Gasteiger partial charge is 0.406 e. The summed E-state index contributed by atoms with van der Waals surface area (Å²) in [6, 6.07) is 4.82. The molecule has 0 amide bonds. The highest BCUT2D eigenvalue weighted by molar-refractivity contribution is 6.95. The van der Waals surface area contributed by atoms with Gasteiger partial charge in [0, 0.05) is 0 Å². The van der Waals surface area contributed by atoms with E-state index in [0.717, 1.165) is 12.1 Å². The molecule has 1 aromatic rings. The van der Waals surface area contributed by atoms with Gasteiger partial charge in [-0.3, -0.25) is 0 Å². The van der Waals surface area contributed by atoms with Gasteiger partial charge in [-0.15, -0.1) is 13.2 Å². The van der Waals surface area contributed by atoms with Crippen molar-refractivity contribution in [2.75, 3.05) is 0 Å². The predicted molar refractivity (Wildman–Crippen MR) is 51.9 cm³/mol. The first kappa shape index (κ1) is 12.1. The van der Waals surface area contributed by atoms with Gasteiger partial charge in [0.2, 0.25) is 0 Å². The number of benzene rings is 1. The highest BCUT2D eigenvalue weighted by Gasteiger charge is 2.30. The number of hydrogen-bond donors (Lipinski definition) is 0. The summed E-state index contributed by atoms with van der Waals surface area (Å²) in [6.45, 7) is 0. The summed E-state index contributed by atoms with van der Waals surface area (Å²) < 4.78 is 38.7. The van der Waals surface area contributed by atoms with Crippen LogP contribution in [0.2, 0.25) is 0 Å². The van der Waals surface area contributed by atoms with E-state index in [1.807, 2.05) is 0 Å². The van der Waals surface area contributed by atoms with Crippen LogP contribution in [0, 0.1) is 0 Å². The summed E-state index contributed by atoms with van der Waals surface area (Å²) >= 11 is 10.5. The number of aliphatic imine (C=N–C) groups is 1. The van der Waals surface area contributed by atoms with E-state index in [-0.39, 0.29) is 10.4 Å². The predicted octanol–water partition coefficient (Wildman–Crippen LogP) is 4.05. The molecule has 15 heavy (non-hydrogen) atoms. The Bertz CT molecular complexity index is 357. The van der Waals surface area contributed by atoms with Gasteiger partial charge in [0.25, 0.3) is 0 Å². The monoisotopic (exact) mass is 257 g/mol. The van der Waals surface area contributed by atoms with Crippen LogP contribution in [0.1, 0.15) is 0 Å². The Morgan fingerprint density at radius 3 is 2.07 bits per heavy atom. The minimum absolute atomic E-state index is 0.223. The van der Waals surface area contributed by atoms with Crippen LogP contribution in [0.3, 0.4) is 0 Å². The molecule has 0 aliphatic heterocycles. The average molecular weight is 258 g/mol. The molecule has 0 N–H and O–H groups in total. The maximum atomic E-state index is 11.8. The van der Waals surface area contributed by atoms with Crippen LogP contribution in [-0.4, -0.2) is 11.0 Å². The van der Waals surface area contributed by atoms with Gasteiger partial charge in [0.05, 0.1) is 5.69 Å². The molecular formula is C8H4Cl2F3NO. The second-order valence-electron chi connectivity index (χ2n) is 2.39. The lowest BCUT2D eigenvalue weighted by atomic mass is 10.3. The third-order valence-corrected chi connectivity index (χ3v) is 1.45. The molecule has 0 aliphatic carbocycles. The lowest BCUT2D eigenvalue weighted by molar-refractivity contribution is -0.274. The highest BCUT2D eigenvalue weighted by atomic mass is 35.5. The van der Waals surface area contributed by atoms with Crippen molar-refractivity contribution in [2.24, 2.45) is 4.99 Å². The molecule has 1 rings (SSSR count). The second-order valence-corrected chi connectivity index (χ2v) is 3.30.